The van der Waals surface area contributed by atoms with Gasteiger partial charge in [-0.05, 0) is 25.5 Å². The van der Waals surface area contributed by atoms with Crippen LogP contribution < -0.4 is 4.48 Å². The molecule has 4 rings (SSSR count). The zero-order valence-corrected chi connectivity index (χ0v) is 15.1. The highest BCUT2D eigenvalue weighted by molar-refractivity contribution is 5.88. The van der Waals surface area contributed by atoms with E-state index in [-0.39, 0.29) is 0 Å². The number of nitrogens with zero attached hydrogens (tertiary/aromatic N) is 2. The van der Waals surface area contributed by atoms with Gasteiger partial charge in [-0.15, -0.1) is 4.58 Å². The van der Waals surface area contributed by atoms with Gasteiger partial charge in [0.2, 0.25) is 5.69 Å². The quantitative estimate of drug-likeness (QED) is 0.443. The Labute approximate surface area is 149 Å². The molecule has 0 radical (unpaired) electrons. The van der Waals surface area contributed by atoms with Crippen LogP contribution in [0, 0.1) is 13.8 Å². The Kier molecular flexibility index (Phi) is 3.78. The van der Waals surface area contributed by atoms with E-state index in [0.29, 0.717) is 0 Å². The van der Waals surface area contributed by atoms with Gasteiger partial charge in [0.05, 0.1) is 7.05 Å². The molecule has 0 spiro atoms. The number of rotatable bonds is 2. The van der Waals surface area contributed by atoms with E-state index in [1.807, 2.05) is 0 Å². The summed E-state index contributed by atoms with van der Waals surface area (Å²) in [5.41, 5.74) is 7.84. The van der Waals surface area contributed by atoms with Crippen molar-refractivity contribution in [2.24, 2.45) is 0 Å². The van der Waals surface area contributed by atoms with Gasteiger partial charge in [-0.2, -0.15) is 0 Å². The number of quaternary nitrogens is 1. The summed E-state index contributed by atoms with van der Waals surface area (Å²) in [6, 6.07) is 26.2. The van der Waals surface area contributed by atoms with Gasteiger partial charge >= 0.3 is 0 Å². The predicted octanol–water partition coefficient (Wildman–Crippen LogP) is 5.31. The molecule has 0 saturated heterocycles. The predicted molar refractivity (Wildman–Crippen MR) is 106 cm³/mol. The molecule has 2 nitrogen and oxygen atoms in total. The lowest BCUT2D eigenvalue weighted by Crippen LogP contribution is -2.48. The normalized spacial score (nSPS) is 19.2. The molecule has 0 N–H and O–H groups in total. The SMILES string of the molecule is Cc1ccc2c(c1)C=[N+](c1ccccc1)C[N+]2(C)c1ccccc1C. The highest BCUT2D eigenvalue weighted by Gasteiger charge is 2.40. The topological polar surface area (TPSA) is 3.01 Å². The van der Waals surface area contributed by atoms with E-state index >= 15 is 0 Å². The second-order valence-corrected chi connectivity index (χ2v) is 7.12. The number of hydrogen-bond donors (Lipinski definition) is 0. The minimum absolute atomic E-state index is 0.772. The van der Waals surface area contributed by atoms with Crippen LogP contribution in [0.25, 0.3) is 0 Å². The lowest BCUT2D eigenvalue weighted by Gasteiger charge is -2.35. The van der Waals surface area contributed by atoms with E-state index in [1.54, 1.807) is 0 Å². The van der Waals surface area contributed by atoms with Gasteiger partial charge in [0.25, 0.3) is 6.67 Å². The zero-order chi connectivity index (χ0) is 17.4. The Bertz CT molecular complexity index is 957. The molecule has 0 fully saturated rings. The van der Waals surface area contributed by atoms with E-state index in [0.717, 1.165) is 11.2 Å². The first-order valence-corrected chi connectivity index (χ1v) is 8.77. The molecule has 3 aromatic rings. The van der Waals surface area contributed by atoms with Gasteiger partial charge in [0.1, 0.15) is 11.3 Å². The second-order valence-electron chi connectivity index (χ2n) is 7.12. The van der Waals surface area contributed by atoms with Crippen LogP contribution in [0.1, 0.15) is 16.7 Å². The molecule has 0 saturated carbocycles. The van der Waals surface area contributed by atoms with Crippen LogP contribution in [-0.4, -0.2) is 24.5 Å². The van der Waals surface area contributed by atoms with Crippen molar-refractivity contribution >= 4 is 23.3 Å². The fourth-order valence-corrected chi connectivity index (χ4v) is 3.92. The zero-order valence-electron chi connectivity index (χ0n) is 15.1. The summed E-state index contributed by atoms with van der Waals surface area (Å²) in [4.78, 5) is 0. The highest BCUT2D eigenvalue weighted by Crippen LogP contribution is 2.39. The Morgan fingerprint density at radius 3 is 2.28 bits per heavy atom. The molecule has 0 amide bonds. The smallest absolute Gasteiger partial charge is 0.205 e. The van der Waals surface area contributed by atoms with Gasteiger partial charge in [-0.25, -0.2) is 4.48 Å². The van der Waals surface area contributed by atoms with Crippen molar-refractivity contribution in [1.82, 2.24) is 4.48 Å². The van der Waals surface area contributed by atoms with Crippen LogP contribution in [0.2, 0.25) is 0 Å². The van der Waals surface area contributed by atoms with Crippen LogP contribution in [0.5, 0.6) is 0 Å². The highest BCUT2D eigenvalue weighted by atomic mass is 15.4. The van der Waals surface area contributed by atoms with Crippen LogP contribution in [0.15, 0.2) is 72.8 Å². The monoisotopic (exact) mass is 328 g/mol. The number of para-hydroxylation sites is 2. The summed E-state index contributed by atoms with van der Waals surface area (Å²) >= 11 is 0. The van der Waals surface area contributed by atoms with Crippen molar-refractivity contribution in [3.05, 3.63) is 89.5 Å². The fourth-order valence-electron chi connectivity index (χ4n) is 3.92. The minimum Gasteiger partial charge on any atom is -0.205 e. The van der Waals surface area contributed by atoms with Crippen molar-refractivity contribution in [2.45, 2.75) is 13.8 Å². The van der Waals surface area contributed by atoms with E-state index < -0.39 is 0 Å². The van der Waals surface area contributed by atoms with Crippen molar-refractivity contribution in [1.29, 1.82) is 0 Å². The molecule has 1 aliphatic heterocycles. The maximum Gasteiger partial charge on any atom is 0.285 e. The number of fused-ring (bicyclic) bond motifs is 1. The molecule has 0 aliphatic carbocycles. The summed E-state index contributed by atoms with van der Waals surface area (Å²) < 4.78 is 3.14. The van der Waals surface area contributed by atoms with Gasteiger partial charge < -0.3 is 0 Å². The Morgan fingerprint density at radius 1 is 0.800 bits per heavy atom. The summed E-state index contributed by atoms with van der Waals surface area (Å²) in [7, 11) is 2.32. The van der Waals surface area contributed by atoms with Gasteiger partial charge in [-0.1, -0.05) is 42.5 Å². The number of aryl methyl sites for hydroxylation is 2. The van der Waals surface area contributed by atoms with Crippen LogP contribution in [-0.2, 0) is 0 Å². The molecule has 1 aliphatic rings. The van der Waals surface area contributed by atoms with E-state index in [4.69, 9.17) is 0 Å². The van der Waals surface area contributed by atoms with E-state index in [9.17, 15) is 0 Å². The first-order chi connectivity index (χ1) is 12.1. The van der Waals surface area contributed by atoms with Crippen molar-refractivity contribution in [2.75, 3.05) is 13.7 Å². The van der Waals surface area contributed by atoms with Crippen LogP contribution >= 0.6 is 0 Å². The molecule has 1 atom stereocenters. The van der Waals surface area contributed by atoms with Crippen molar-refractivity contribution in [3.8, 4) is 0 Å². The summed E-state index contributed by atoms with van der Waals surface area (Å²) in [6.07, 6.45) is 2.29. The average Bonchev–Trinajstić information content (AvgIpc) is 2.62. The molecule has 0 aromatic heterocycles. The summed E-state index contributed by atoms with van der Waals surface area (Å²) in [6.45, 7) is 5.25. The summed E-state index contributed by atoms with van der Waals surface area (Å²) in [5, 5.41) is 0. The molecule has 0 bridgehead atoms. The second kappa shape index (κ2) is 5.98. The minimum atomic E-state index is 0.772. The Hall–Kier alpha value is -2.71. The van der Waals surface area contributed by atoms with Crippen molar-refractivity contribution in [3.63, 3.8) is 0 Å². The van der Waals surface area contributed by atoms with Crippen LogP contribution in [0.3, 0.4) is 0 Å². The average molecular weight is 328 g/mol. The fraction of sp³-hybridized carbons (Fsp3) is 0.174. The Balaban J connectivity index is 1.95. The first-order valence-electron chi connectivity index (χ1n) is 8.77. The molecule has 1 heterocycles. The van der Waals surface area contributed by atoms with Crippen LogP contribution in [0.4, 0.5) is 17.1 Å². The third-order valence-electron chi connectivity index (χ3n) is 5.18. The lowest BCUT2D eigenvalue weighted by molar-refractivity contribution is -0.456. The van der Waals surface area contributed by atoms with Gasteiger partial charge in [0, 0.05) is 29.8 Å². The van der Waals surface area contributed by atoms with Gasteiger partial charge in [-0.3, -0.25) is 0 Å². The number of benzene rings is 3. The third-order valence-corrected chi connectivity index (χ3v) is 5.18. The molecule has 2 heteroatoms. The molecular weight excluding hydrogens is 304 g/mol. The molecule has 1 unspecified atom stereocenters. The first kappa shape index (κ1) is 15.8. The third kappa shape index (κ3) is 2.69. The summed E-state index contributed by atoms with van der Waals surface area (Å²) in [5.74, 6) is 0. The van der Waals surface area contributed by atoms with Gasteiger partial charge in [0.15, 0.2) is 11.9 Å². The standard InChI is InChI=1S/C23H24N2/c1-18-13-14-23-20(15-18)16-24(21-10-5-4-6-11-21)17-25(23,3)22-12-8-7-9-19(22)2/h4-16H,17H2,1-3H3/q+2. The Morgan fingerprint density at radius 2 is 1.52 bits per heavy atom. The maximum absolute atomic E-state index is 2.37. The van der Waals surface area contributed by atoms with E-state index in [1.165, 1.54) is 33.8 Å². The van der Waals surface area contributed by atoms with E-state index in [2.05, 4.69) is 104 Å². The molecular formula is C23H24N2+2. The largest absolute Gasteiger partial charge is 0.285 e. The molecule has 25 heavy (non-hydrogen) atoms. The maximum atomic E-state index is 2.37. The molecule has 124 valence electrons. The lowest BCUT2D eigenvalue weighted by atomic mass is 10.0. The van der Waals surface area contributed by atoms with Crippen molar-refractivity contribution < 1.29 is 4.58 Å². The number of hydrogen-bond acceptors (Lipinski definition) is 0. The molecule has 3 aromatic carbocycles.